The van der Waals surface area contributed by atoms with Crippen LogP contribution in [0.25, 0.3) is 0 Å². The van der Waals surface area contributed by atoms with E-state index in [2.05, 4.69) is 5.10 Å². The van der Waals surface area contributed by atoms with Crippen molar-refractivity contribution in [2.24, 2.45) is 5.41 Å². The molecule has 22 heavy (non-hydrogen) atoms. The van der Waals surface area contributed by atoms with Gasteiger partial charge < -0.3 is 4.84 Å². The summed E-state index contributed by atoms with van der Waals surface area (Å²) >= 11 is 6.01. The summed E-state index contributed by atoms with van der Waals surface area (Å²) in [5, 5.41) is 16.4. The molecule has 0 radical (unpaired) electrons. The number of halogens is 1. The van der Waals surface area contributed by atoms with Crippen LogP contribution in [0.1, 0.15) is 39.7 Å². The first-order valence-corrected chi connectivity index (χ1v) is 7.42. The van der Waals surface area contributed by atoms with Crippen LogP contribution in [0.3, 0.4) is 0 Å². The molecule has 8 nitrogen and oxygen atoms in total. The Morgan fingerprint density at radius 2 is 2.23 bits per heavy atom. The van der Waals surface area contributed by atoms with Crippen molar-refractivity contribution in [3.05, 3.63) is 21.5 Å². The average Bonchev–Trinajstić information content (AvgIpc) is 2.80. The molecule has 122 valence electrons. The number of nitrogens with zero attached hydrogens (tertiary/aromatic N) is 4. The van der Waals surface area contributed by atoms with Crippen LogP contribution in [0.5, 0.6) is 0 Å². The lowest BCUT2D eigenvalue weighted by molar-refractivity contribution is -0.384. The van der Waals surface area contributed by atoms with Crippen molar-refractivity contribution in [1.82, 2.24) is 14.8 Å². The van der Waals surface area contributed by atoms with Crippen molar-refractivity contribution in [3.63, 3.8) is 0 Å². The second-order valence-electron chi connectivity index (χ2n) is 6.34. The normalized spacial score (nSPS) is 19.9. The fourth-order valence-electron chi connectivity index (χ4n) is 2.17. The van der Waals surface area contributed by atoms with Crippen LogP contribution in [0.15, 0.2) is 6.20 Å². The van der Waals surface area contributed by atoms with Gasteiger partial charge in [-0.25, -0.2) is 9.48 Å². The largest absolute Gasteiger partial charge is 0.367 e. The summed E-state index contributed by atoms with van der Waals surface area (Å²) in [6, 6.07) is -0.164. The zero-order chi connectivity index (χ0) is 16.5. The monoisotopic (exact) mass is 330 g/mol. The van der Waals surface area contributed by atoms with Gasteiger partial charge in [0, 0.05) is 6.54 Å². The lowest BCUT2D eigenvalue weighted by Gasteiger charge is -2.32. The maximum atomic E-state index is 11.9. The molecule has 0 aromatic carbocycles. The Kier molecular flexibility index (Phi) is 4.72. The number of nitro groups is 1. The Bertz CT molecular complexity index is 581. The summed E-state index contributed by atoms with van der Waals surface area (Å²) < 4.78 is 1.43. The Balaban J connectivity index is 2.08. The second kappa shape index (κ2) is 6.21. The summed E-state index contributed by atoms with van der Waals surface area (Å²) in [6.07, 6.45) is 2.69. The zero-order valence-electron chi connectivity index (χ0n) is 12.8. The maximum Gasteiger partial charge on any atom is 0.330 e. The molecule has 1 aliphatic heterocycles. The fourth-order valence-corrected chi connectivity index (χ4v) is 2.47. The van der Waals surface area contributed by atoms with Gasteiger partial charge in [0.25, 0.3) is 0 Å². The van der Waals surface area contributed by atoms with Crippen LogP contribution in [0, 0.1) is 15.5 Å². The molecule has 0 N–H and O–H groups in total. The van der Waals surface area contributed by atoms with E-state index in [-0.39, 0.29) is 22.9 Å². The van der Waals surface area contributed by atoms with E-state index in [0.29, 0.717) is 13.1 Å². The van der Waals surface area contributed by atoms with Crippen LogP contribution in [-0.4, -0.2) is 38.8 Å². The van der Waals surface area contributed by atoms with Crippen LogP contribution >= 0.6 is 11.6 Å². The van der Waals surface area contributed by atoms with Crippen LogP contribution in [-0.2, 0) is 9.63 Å². The summed E-state index contributed by atoms with van der Waals surface area (Å²) in [5.41, 5.74) is -0.805. The lowest BCUT2D eigenvalue weighted by atomic mass is 9.98. The smallest absolute Gasteiger partial charge is 0.330 e. The van der Waals surface area contributed by atoms with E-state index < -0.39 is 10.3 Å². The highest BCUT2D eigenvalue weighted by atomic mass is 35.5. The summed E-state index contributed by atoms with van der Waals surface area (Å²) in [5.74, 6) is -0.314. The first-order chi connectivity index (χ1) is 10.2. The number of hydrogen-bond acceptors (Lipinski definition) is 6. The highest BCUT2D eigenvalue weighted by molar-refractivity contribution is 6.31. The van der Waals surface area contributed by atoms with Crippen molar-refractivity contribution in [1.29, 1.82) is 0 Å². The minimum Gasteiger partial charge on any atom is -0.367 e. The predicted molar refractivity (Wildman–Crippen MR) is 79.3 cm³/mol. The third-order valence-corrected chi connectivity index (χ3v) is 3.81. The molecule has 2 rings (SSSR count). The highest BCUT2D eigenvalue weighted by Gasteiger charge is 2.31. The number of hydroxylamine groups is 2. The van der Waals surface area contributed by atoms with Crippen molar-refractivity contribution < 1.29 is 14.6 Å². The third kappa shape index (κ3) is 3.56. The van der Waals surface area contributed by atoms with Gasteiger partial charge in [0.1, 0.15) is 6.20 Å². The summed E-state index contributed by atoms with van der Waals surface area (Å²) in [6.45, 7) is 6.37. The molecule has 2 heterocycles. The zero-order valence-corrected chi connectivity index (χ0v) is 13.5. The molecule has 1 fully saturated rings. The van der Waals surface area contributed by atoms with Crippen molar-refractivity contribution in [2.45, 2.75) is 39.7 Å². The molecule has 0 bridgehead atoms. The molecule has 9 heteroatoms. The van der Waals surface area contributed by atoms with E-state index in [1.54, 1.807) is 25.8 Å². The molecule has 1 aromatic rings. The van der Waals surface area contributed by atoms with Gasteiger partial charge in [-0.2, -0.15) is 5.10 Å². The van der Waals surface area contributed by atoms with E-state index in [9.17, 15) is 14.9 Å². The minimum atomic E-state index is -0.588. The Hall–Kier alpha value is -1.67. The number of hydrogen-bond donors (Lipinski definition) is 0. The average molecular weight is 331 g/mol. The van der Waals surface area contributed by atoms with Crippen LogP contribution in [0.4, 0.5) is 5.69 Å². The first-order valence-electron chi connectivity index (χ1n) is 7.05. The Labute approximate surface area is 133 Å². The minimum absolute atomic E-state index is 0.000928. The standard InChI is InChI=1S/C13H19ClN4O4/c1-13(2,3)12(19)22-16-6-4-5-9(8-16)17-11(14)10(7-15-17)18(20)21/h7,9H,4-6,8H2,1-3H3/t9-/m0/s1. The molecule has 0 saturated carbocycles. The predicted octanol–water partition coefficient (Wildman–Crippen LogP) is 2.59. The molecule has 1 aliphatic rings. The molecule has 0 aliphatic carbocycles. The molecule has 1 atom stereocenters. The van der Waals surface area contributed by atoms with Crippen molar-refractivity contribution in [3.8, 4) is 0 Å². The summed E-state index contributed by atoms with van der Waals surface area (Å²) in [4.78, 5) is 27.6. The molecular weight excluding hydrogens is 312 g/mol. The lowest BCUT2D eigenvalue weighted by Crippen LogP contribution is -2.40. The van der Waals surface area contributed by atoms with Gasteiger partial charge in [-0.1, -0.05) is 11.6 Å². The fraction of sp³-hybridized carbons (Fsp3) is 0.692. The second-order valence-corrected chi connectivity index (χ2v) is 6.69. The highest BCUT2D eigenvalue weighted by Crippen LogP contribution is 2.30. The van der Waals surface area contributed by atoms with Crippen molar-refractivity contribution >= 4 is 23.3 Å². The number of carbonyl (C=O) groups excluding carboxylic acids is 1. The van der Waals surface area contributed by atoms with Crippen LogP contribution in [0.2, 0.25) is 5.15 Å². The molecular formula is C13H19ClN4O4. The third-order valence-electron chi connectivity index (χ3n) is 3.44. The quantitative estimate of drug-likeness (QED) is 0.625. The SMILES string of the molecule is CC(C)(C)C(=O)ON1CCC[C@H](n2ncc([N+](=O)[O-])c2Cl)C1. The van der Waals surface area contributed by atoms with E-state index in [4.69, 9.17) is 16.4 Å². The molecule has 1 saturated heterocycles. The van der Waals surface area contributed by atoms with Gasteiger partial charge in [-0.05, 0) is 33.6 Å². The Morgan fingerprint density at radius 3 is 2.77 bits per heavy atom. The molecule has 1 aromatic heterocycles. The van der Waals surface area contributed by atoms with Gasteiger partial charge in [0.15, 0.2) is 0 Å². The number of aromatic nitrogens is 2. The van der Waals surface area contributed by atoms with Gasteiger partial charge in [0.2, 0.25) is 5.15 Å². The van der Waals surface area contributed by atoms with Gasteiger partial charge in [-0.3, -0.25) is 10.1 Å². The molecule has 0 amide bonds. The number of piperidine rings is 1. The van der Waals surface area contributed by atoms with Crippen LogP contribution < -0.4 is 0 Å². The van der Waals surface area contributed by atoms with Crippen molar-refractivity contribution in [2.75, 3.05) is 13.1 Å². The van der Waals surface area contributed by atoms with E-state index >= 15 is 0 Å². The molecule has 0 unspecified atom stereocenters. The molecule has 0 spiro atoms. The van der Waals surface area contributed by atoms with Gasteiger partial charge in [0.05, 0.1) is 22.9 Å². The number of rotatable bonds is 3. The van der Waals surface area contributed by atoms with Gasteiger partial charge >= 0.3 is 11.7 Å². The topological polar surface area (TPSA) is 90.5 Å². The number of carbonyl (C=O) groups is 1. The van der Waals surface area contributed by atoms with E-state index in [0.717, 1.165) is 19.0 Å². The Morgan fingerprint density at radius 1 is 1.55 bits per heavy atom. The van der Waals surface area contributed by atoms with E-state index in [1.165, 1.54) is 4.68 Å². The van der Waals surface area contributed by atoms with E-state index in [1.807, 2.05) is 0 Å². The summed E-state index contributed by atoms with van der Waals surface area (Å²) in [7, 11) is 0. The first kappa shape index (κ1) is 16.7. The maximum absolute atomic E-state index is 11.9. The van der Waals surface area contributed by atoms with Gasteiger partial charge in [-0.15, -0.1) is 5.06 Å².